The third-order valence-corrected chi connectivity index (χ3v) is 3.78. The first kappa shape index (κ1) is 15.0. The summed E-state index contributed by atoms with van der Waals surface area (Å²) >= 11 is 3.48. The van der Waals surface area contributed by atoms with E-state index in [-0.39, 0.29) is 0 Å². The number of benzene rings is 2. The fraction of sp³-hybridized carbons (Fsp3) is 0. The van der Waals surface area contributed by atoms with Crippen LogP contribution in [0.4, 0.5) is 23.1 Å². The number of nitrogens with one attached hydrogen (secondary N) is 2. The van der Waals surface area contributed by atoms with Crippen LogP contribution in [0.5, 0.6) is 0 Å². The number of anilines is 4. The van der Waals surface area contributed by atoms with Gasteiger partial charge in [-0.3, -0.25) is 0 Å². The highest BCUT2D eigenvalue weighted by Gasteiger charge is 2.05. The van der Waals surface area contributed by atoms with E-state index in [1.54, 1.807) is 18.3 Å². The van der Waals surface area contributed by atoms with Crippen molar-refractivity contribution in [1.82, 2.24) is 9.97 Å². The van der Waals surface area contributed by atoms with E-state index in [2.05, 4.69) is 42.6 Å². The van der Waals surface area contributed by atoms with E-state index >= 15 is 0 Å². The van der Waals surface area contributed by atoms with Gasteiger partial charge in [-0.2, -0.15) is 10.2 Å². The van der Waals surface area contributed by atoms with Crippen LogP contribution in [0.2, 0.25) is 0 Å². The first-order chi connectivity index (χ1) is 11.3. The van der Waals surface area contributed by atoms with E-state index < -0.39 is 0 Å². The van der Waals surface area contributed by atoms with Gasteiger partial charge in [0.15, 0.2) is 0 Å². The Kier molecular flexibility index (Phi) is 4.50. The van der Waals surface area contributed by atoms with E-state index in [9.17, 15) is 0 Å². The molecule has 0 atom stereocenters. The third-order valence-electron chi connectivity index (χ3n) is 3.09. The molecule has 3 aromatic rings. The van der Waals surface area contributed by atoms with Gasteiger partial charge in [0, 0.05) is 10.7 Å². The second kappa shape index (κ2) is 6.90. The van der Waals surface area contributed by atoms with E-state index in [1.165, 1.54) is 0 Å². The summed E-state index contributed by atoms with van der Waals surface area (Å²) in [7, 11) is 0. The summed E-state index contributed by atoms with van der Waals surface area (Å²) in [5.41, 5.74) is 2.15. The zero-order valence-electron chi connectivity index (χ0n) is 12.0. The maximum Gasteiger partial charge on any atom is 0.229 e. The van der Waals surface area contributed by atoms with Gasteiger partial charge in [0.1, 0.15) is 11.9 Å². The summed E-state index contributed by atoms with van der Waals surface area (Å²) in [5.74, 6) is 1.08. The summed E-state index contributed by atoms with van der Waals surface area (Å²) < 4.78 is 0.928. The fourth-order valence-electron chi connectivity index (χ4n) is 2.00. The van der Waals surface area contributed by atoms with Crippen LogP contribution in [0.3, 0.4) is 0 Å². The molecular formula is C17H12BrN5. The molecule has 0 radical (unpaired) electrons. The fourth-order valence-corrected chi connectivity index (χ4v) is 2.38. The standard InChI is InChI=1S/C17H12BrN5/c18-13-6-2-4-8-15(13)22-17-20-10-9-16(23-17)21-14-7-3-1-5-12(14)11-19/h1-10H,(H2,20,21,22,23). The molecule has 5 nitrogen and oxygen atoms in total. The lowest BCUT2D eigenvalue weighted by atomic mass is 10.2. The van der Waals surface area contributed by atoms with Crippen LogP contribution in [-0.2, 0) is 0 Å². The lowest BCUT2D eigenvalue weighted by molar-refractivity contribution is 1.16. The molecule has 2 aromatic carbocycles. The highest BCUT2D eigenvalue weighted by Crippen LogP contribution is 2.25. The predicted molar refractivity (Wildman–Crippen MR) is 93.9 cm³/mol. The number of nitriles is 1. The Morgan fingerprint density at radius 2 is 1.65 bits per heavy atom. The maximum absolute atomic E-state index is 9.14. The molecule has 1 heterocycles. The lowest BCUT2D eigenvalue weighted by Gasteiger charge is -2.10. The Bertz CT molecular complexity index is 873. The summed E-state index contributed by atoms with van der Waals surface area (Å²) in [5, 5.41) is 15.4. The molecule has 0 unspecified atom stereocenters. The van der Waals surface area contributed by atoms with Crippen molar-refractivity contribution in [3.05, 3.63) is 70.8 Å². The molecule has 0 amide bonds. The van der Waals surface area contributed by atoms with Gasteiger partial charge in [0.25, 0.3) is 0 Å². The van der Waals surface area contributed by atoms with E-state index in [4.69, 9.17) is 5.26 Å². The van der Waals surface area contributed by atoms with E-state index in [1.807, 2.05) is 42.5 Å². The quantitative estimate of drug-likeness (QED) is 0.706. The lowest BCUT2D eigenvalue weighted by Crippen LogP contribution is -2.01. The van der Waals surface area contributed by atoms with Crippen LogP contribution in [0, 0.1) is 11.3 Å². The van der Waals surface area contributed by atoms with Gasteiger partial charge >= 0.3 is 0 Å². The molecule has 0 aliphatic heterocycles. The first-order valence-electron chi connectivity index (χ1n) is 6.87. The number of hydrogen-bond acceptors (Lipinski definition) is 5. The Labute approximate surface area is 142 Å². The van der Waals surface area contributed by atoms with E-state index in [0.29, 0.717) is 23.0 Å². The Morgan fingerprint density at radius 1 is 0.913 bits per heavy atom. The van der Waals surface area contributed by atoms with Crippen molar-refractivity contribution >= 4 is 39.1 Å². The van der Waals surface area contributed by atoms with Crippen LogP contribution < -0.4 is 10.6 Å². The highest BCUT2D eigenvalue weighted by atomic mass is 79.9. The zero-order valence-corrected chi connectivity index (χ0v) is 13.6. The molecule has 2 N–H and O–H groups in total. The second-order valence-corrected chi connectivity index (χ2v) is 5.51. The van der Waals surface area contributed by atoms with Gasteiger partial charge in [-0.1, -0.05) is 24.3 Å². The second-order valence-electron chi connectivity index (χ2n) is 4.65. The van der Waals surface area contributed by atoms with E-state index in [0.717, 1.165) is 10.2 Å². The van der Waals surface area contributed by atoms with Crippen molar-refractivity contribution < 1.29 is 0 Å². The molecule has 0 saturated carbocycles. The Balaban J connectivity index is 1.83. The average molecular weight is 366 g/mol. The summed E-state index contributed by atoms with van der Waals surface area (Å²) in [6.45, 7) is 0. The van der Waals surface area contributed by atoms with Crippen LogP contribution in [0.15, 0.2) is 65.3 Å². The largest absolute Gasteiger partial charge is 0.339 e. The third kappa shape index (κ3) is 3.65. The van der Waals surface area contributed by atoms with Crippen molar-refractivity contribution in [2.24, 2.45) is 0 Å². The van der Waals surface area contributed by atoms with Crippen molar-refractivity contribution in [3.63, 3.8) is 0 Å². The van der Waals surface area contributed by atoms with Gasteiger partial charge in [0.2, 0.25) is 5.95 Å². The highest BCUT2D eigenvalue weighted by molar-refractivity contribution is 9.10. The summed E-state index contributed by atoms with van der Waals surface area (Å²) in [4.78, 5) is 8.63. The van der Waals surface area contributed by atoms with Crippen LogP contribution >= 0.6 is 15.9 Å². The first-order valence-corrected chi connectivity index (χ1v) is 7.66. The molecule has 0 aliphatic rings. The molecule has 6 heteroatoms. The smallest absolute Gasteiger partial charge is 0.229 e. The molecule has 0 saturated heterocycles. The number of aromatic nitrogens is 2. The molecule has 0 bridgehead atoms. The average Bonchev–Trinajstić information content (AvgIpc) is 2.58. The number of rotatable bonds is 4. The van der Waals surface area contributed by atoms with Gasteiger partial charge in [-0.25, -0.2) is 4.98 Å². The minimum atomic E-state index is 0.469. The molecule has 0 fully saturated rings. The normalized spacial score (nSPS) is 9.91. The van der Waals surface area contributed by atoms with Crippen LogP contribution in [-0.4, -0.2) is 9.97 Å². The van der Waals surface area contributed by atoms with Gasteiger partial charge in [-0.05, 0) is 46.3 Å². The zero-order chi connectivity index (χ0) is 16.1. The molecule has 1 aromatic heterocycles. The monoisotopic (exact) mass is 365 g/mol. The molecule has 3 rings (SSSR count). The Hall–Kier alpha value is -2.91. The van der Waals surface area contributed by atoms with Crippen molar-refractivity contribution in [3.8, 4) is 6.07 Å². The topological polar surface area (TPSA) is 73.6 Å². The molecular weight excluding hydrogens is 354 g/mol. The van der Waals surface area contributed by atoms with Crippen molar-refractivity contribution in [2.45, 2.75) is 0 Å². The SMILES string of the molecule is N#Cc1ccccc1Nc1ccnc(Nc2ccccc2Br)n1. The van der Waals surface area contributed by atoms with Crippen molar-refractivity contribution in [1.29, 1.82) is 5.26 Å². The number of para-hydroxylation sites is 2. The van der Waals surface area contributed by atoms with Gasteiger partial charge in [0.05, 0.1) is 16.9 Å². The number of halogens is 1. The molecule has 0 spiro atoms. The maximum atomic E-state index is 9.14. The van der Waals surface area contributed by atoms with Gasteiger partial charge in [-0.15, -0.1) is 0 Å². The number of nitrogens with zero attached hydrogens (tertiary/aromatic N) is 3. The summed E-state index contributed by atoms with van der Waals surface area (Å²) in [6, 6.07) is 18.9. The predicted octanol–water partition coefficient (Wildman–Crippen LogP) is 4.60. The Morgan fingerprint density at radius 3 is 2.43 bits per heavy atom. The summed E-state index contributed by atoms with van der Waals surface area (Å²) in [6.07, 6.45) is 1.66. The minimum absolute atomic E-state index is 0.469. The number of hydrogen-bond donors (Lipinski definition) is 2. The molecule has 112 valence electrons. The molecule has 0 aliphatic carbocycles. The van der Waals surface area contributed by atoms with Gasteiger partial charge < -0.3 is 10.6 Å². The van der Waals surface area contributed by atoms with Crippen molar-refractivity contribution in [2.75, 3.05) is 10.6 Å². The van der Waals surface area contributed by atoms with Crippen LogP contribution in [0.25, 0.3) is 0 Å². The van der Waals surface area contributed by atoms with Crippen LogP contribution in [0.1, 0.15) is 5.56 Å². The minimum Gasteiger partial charge on any atom is -0.339 e. The molecule has 23 heavy (non-hydrogen) atoms.